The standard InChI is InChI=1S/C38H42N2O6/c1-39-15-13-25-20-32(42-4)34-22-28(25)29(39)18-24-9-12-31(41-3)33(19-24)45-27-10-7-23(8-11-27)17-30-36-26(14-16-40(30)2)21-35(43-5)37(44-6)38(36)46-34/h7-12,19-22,29-30H,13-18H2,1-6H3. The number of ether oxygens (including phenoxy) is 6. The second kappa shape index (κ2) is 12.4. The molecule has 8 nitrogen and oxygen atoms in total. The Hall–Kier alpha value is -4.40. The van der Waals surface area contributed by atoms with Crippen molar-refractivity contribution in [2.45, 2.75) is 37.8 Å². The molecule has 0 aliphatic carbocycles. The molecule has 4 aromatic carbocycles. The van der Waals surface area contributed by atoms with Gasteiger partial charge in [-0.3, -0.25) is 9.80 Å². The van der Waals surface area contributed by atoms with Crippen LogP contribution in [0.3, 0.4) is 0 Å². The summed E-state index contributed by atoms with van der Waals surface area (Å²) >= 11 is 0. The highest BCUT2D eigenvalue weighted by atomic mass is 16.5. The Labute approximate surface area is 271 Å². The molecule has 4 aromatic rings. The van der Waals surface area contributed by atoms with Crippen molar-refractivity contribution in [3.8, 4) is 46.0 Å². The predicted octanol–water partition coefficient (Wildman–Crippen LogP) is 7.16. The van der Waals surface area contributed by atoms with Crippen LogP contribution in [0.2, 0.25) is 0 Å². The summed E-state index contributed by atoms with van der Waals surface area (Å²) in [5, 5.41) is 0. The minimum atomic E-state index is 0.0449. The zero-order valence-corrected chi connectivity index (χ0v) is 27.5. The van der Waals surface area contributed by atoms with Gasteiger partial charge in [-0.2, -0.15) is 0 Å². The van der Waals surface area contributed by atoms with E-state index in [1.165, 1.54) is 22.3 Å². The van der Waals surface area contributed by atoms with Gasteiger partial charge in [-0.15, -0.1) is 0 Å². The first-order valence-corrected chi connectivity index (χ1v) is 15.9. The van der Waals surface area contributed by atoms with Crippen molar-refractivity contribution >= 4 is 0 Å². The zero-order chi connectivity index (χ0) is 31.9. The average molecular weight is 623 g/mol. The van der Waals surface area contributed by atoms with E-state index in [0.29, 0.717) is 40.2 Å². The molecule has 6 bridgehead atoms. The van der Waals surface area contributed by atoms with Gasteiger partial charge in [0.1, 0.15) is 5.75 Å². The average Bonchev–Trinajstić information content (AvgIpc) is 3.07. The molecule has 0 aromatic heterocycles. The molecular formula is C38H42N2O6. The normalized spacial score (nSPS) is 19.2. The van der Waals surface area contributed by atoms with Crippen molar-refractivity contribution in [3.63, 3.8) is 0 Å². The van der Waals surface area contributed by atoms with Crippen molar-refractivity contribution in [1.82, 2.24) is 9.80 Å². The Kier molecular flexibility index (Phi) is 8.17. The van der Waals surface area contributed by atoms with Crippen LogP contribution in [0.25, 0.3) is 0 Å². The molecular weight excluding hydrogens is 580 g/mol. The van der Waals surface area contributed by atoms with Crippen LogP contribution in [-0.4, -0.2) is 65.4 Å². The quantitative estimate of drug-likeness (QED) is 0.238. The van der Waals surface area contributed by atoms with E-state index in [4.69, 9.17) is 28.4 Å². The molecule has 0 N–H and O–H groups in total. The Balaban J connectivity index is 1.46. The molecule has 2 atom stereocenters. The maximum atomic E-state index is 7.03. The summed E-state index contributed by atoms with van der Waals surface area (Å²) in [6.07, 6.45) is 3.37. The maximum absolute atomic E-state index is 7.03. The van der Waals surface area contributed by atoms with E-state index in [2.05, 4.69) is 66.4 Å². The molecule has 0 radical (unpaired) electrons. The lowest BCUT2D eigenvalue weighted by molar-refractivity contribution is 0.220. The molecule has 0 saturated carbocycles. The van der Waals surface area contributed by atoms with Crippen LogP contribution in [0.15, 0.2) is 60.7 Å². The highest BCUT2D eigenvalue weighted by Crippen LogP contribution is 2.51. The van der Waals surface area contributed by atoms with E-state index >= 15 is 0 Å². The summed E-state index contributed by atoms with van der Waals surface area (Å²) in [5.41, 5.74) is 7.15. The van der Waals surface area contributed by atoms with Crippen molar-refractivity contribution < 1.29 is 28.4 Å². The van der Waals surface area contributed by atoms with Gasteiger partial charge in [0, 0.05) is 30.7 Å². The number of rotatable bonds is 4. The highest BCUT2D eigenvalue weighted by Gasteiger charge is 2.34. The third kappa shape index (κ3) is 5.39. The van der Waals surface area contributed by atoms with Gasteiger partial charge in [0.15, 0.2) is 34.5 Å². The van der Waals surface area contributed by atoms with Gasteiger partial charge in [0.25, 0.3) is 0 Å². The molecule has 2 unspecified atom stereocenters. The second-order valence-electron chi connectivity index (χ2n) is 12.5. The predicted molar refractivity (Wildman–Crippen MR) is 178 cm³/mol. The Morgan fingerprint density at radius 1 is 0.609 bits per heavy atom. The largest absolute Gasteiger partial charge is 0.493 e. The Morgan fingerprint density at radius 2 is 1.24 bits per heavy atom. The summed E-state index contributed by atoms with van der Waals surface area (Å²) in [5.74, 6) is 5.46. The van der Waals surface area contributed by atoms with Crippen LogP contribution in [0.5, 0.6) is 46.0 Å². The minimum absolute atomic E-state index is 0.0449. The molecule has 8 heteroatoms. The maximum Gasteiger partial charge on any atom is 0.204 e. The van der Waals surface area contributed by atoms with Crippen LogP contribution in [0.4, 0.5) is 0 Å². The van der Waals surface area contributed by atoms with E-state index in [1.54, 1.807) is 28.4 Å². The summed E-state index contributed by atoms with van der Waals surface area (Å²) in [6, 6.07) is 21.2. The van der Waals surface area contributed by atoms with E-state index in [9.17, 15) is 0 Å². The number of hydrogen-bond acceptors (Lipinski definition) is 8. The third-order valence-electron chi connectivity index (χ3n) is 9.85. The smallest absolute Gasteiger partial charge is 0.204 e. The fourth-order valence-corrected chi connectivity index (χ4v) is 7.28. The molecule has 46 heavy (non-hydrogen) atoms. The van der Waals surface area contributed by atoms with E-state index in [0.717, 1.165) is 55.6 Å². The third-order valence-corrected chi connectivity index (χ3v) is 9.85. The highest BCUT2D eigenvalue weighted by molar-refractivity contribution is 5.63. The first kappa shape index (κ1) is 30.3. The number of likely N-dealkylation sites (N-methyl/N-ethyl adjacent to an activating group) is 2. The summed E-state index contributed by atoms with van der Waals surface area (Å²) in [4.78, 5) is 4.81. The SMILES string of the molecule is COc1ccc2cc1Oc1ccc(cc1)CC1c3c(cc(OC)c(OC)c3Oc3cc4c(cc3OC)CCN(C)C4C2)CCN1C. The van der Waals surface area contributed by atoms with Gasteiger partial charge in [-0.25, -0.2) is 0 Å². The molecule has 0 spiro atoms. The topological polar surface area (TPSA) is 61.9 Å². The Bertz CT molecular complexity index is 1750. The van der Waals surface area contributed by atoms with Gasteiger partial charge in [0.2, 0.25) is 5.75 Å². The minimum Gasteiger partial charge on any atom is -0.493 e. The van der Waals surface area contributed by atoms with Gasteiger partial charge in [-0.05, 0) is 110 Å². The van der Waals surface area contributed by atoms with Crippen LogP contribution < -0.4 is 28.4 Å². The molecule has 0 fully saturated rings. The van der Waals surface area contributed by atoms with Crippen LogP contribution in [-0.2, 0) is 25.7 Å². The first-order valence-electron chi connectivity index (χ1n) is 15.9. The van der Waals surface area contributed by atoms with Gasteiger partial charge >= 0.3 is 0 Å². The lowest BCUT2D eigenvalue weighted by Crippen LogP contribution is -2.34. The number of benzene rings is 4. The van der Waals surface area contributed by atoms with E-state index < -0.39 is 0 Å². The van der Waals surface area contributed by atoms with Gasteiger partial charge < -0.3 is 28.4 Å². The summed E-state index contributed by atoms with van der Waals surface area (Å²) in [6.45, 7) is 1.86. The van der Waals surface area contributed by atoms with Crippen molar-refractivity contribution in [3.05, 3.63) is 94.0 Å². The van der Waals surface area contributed by atoms with Crippen LogP contribution >= 0.6 is 0 Å². The van der Waals surface area contributed by atoms with Crippen LogP contribution in [0.1, 0.15) is 45.5 Å². The zero-order valence-electron chi connectivity index (χ0n) is 27.5. The second-order valence-corrected chi connectivity index (χ2v) is 12.5. The number of fused-ring (bicyclic) bond motifs is 2. The monoisotopic (exact) mass is 622 g/mol. The number of nitrogens with zero attached hydrogens (tertiary/aromatic N) is 2. The van der Waals surface area contributed by atoms with Crippen LogP contribution in [0, 0.1) is 0 Å². The lowest BCUT2D eigenvalue weighted by Gasteiger charge is -2.37. The van der Waals surface area contributed by atoms with E-state index in [1.807, 2.05) is 18.2 Å². The molecule has 4 heterocycles. The molecule has 0 saturated heterocycles. The summed E-state index contributed by atoms with van der Waals surface area (Å²) < 4.78 is 37.1. The lowest BCUT2D eigenvalue weighted by atomic mass is 9.87. The van der Waals surface area contributed by atoms with Gasteiger partial charge in [0.05, 0.1) is 28.4 Å². The Morgan fingerprint density at radius 3 is 1.96 bits per heavy atom. The molecule has 0 amide bonds. The molecule has 240 valence electrons. The van der Waals surface area contributed by atoms with Crippen molar-refractivity contribution in [1.29, 1.82) is 0 Å². The number of hydrogen-bond donors (Lipinski definition) is 0. The van der Waals surface area contributed by atoms with E-state index in [-0.39, 0.29) is 12.1 Å². The van der Waals surface area contributed by atoms with Crippen molar-refractivity contribution in [2.75, 3.05) is 55.6 Å². The molecule has 8 rings (SSSR count). The molecule has 4 aliphatic rings. The number of methoxy groups -OCH3 is 4. The molecule has 4 aliphatic heterocycles. The summed E-state index contributed by atoms with van der Waals surface area (Å²) in [7, 11) is 11.1. The fraction of sp³-hybridized carbons (Fsp3) is 0.368. The van der Waals surface area contributed by atoms with Gasteiger partial charge in [-0.1, -0.05) is 18.2 Å². The van der Waals surface area contributed by atoms with Crippen molar-refractivity contribution in [2.24, 2.45) is 0 Å². The fourth-order valence-electron chi connectivity index (χ4n) is 7.28. The first-order chi connectivity index (χ1) is 22.4.